The van der Waals surface area contributed by atoms with E-state index in [0.29, 0.717) is 6.54 Å². The van der Waals surface area contributed by atoms with Crippen LogP contribution in [0.3, 0.4) is 0 Å². The lowest BCUT2D eigenvalue weighted by Gasteiger charge is -2.26. The standard InChI is InChI=1S/C15H18BrN3/c1-2-19(11-12-6-8-18-9-7-12)15-5-3-4-14(16)13(15)10-17/h3-9H,2,10-11,17H2,1H3. The molecule has 0 radical (unpaired) electrons. The van der Waals surface area contributed by atoms with Crippen LogP contribution < -0.4 is 10.6 Å². The number of hydrogen-bond acceptors (Lipinski definition) is 3. The zero-order valence-electron chi connectivity index (χ0n) is 11.0. The highest BCUT2D eigenvalue weighted by Gasteiger charge is 2.11. The first kappa shape index (κ1) is 14.0. The zero-order valence-corrected chi connectivity index (χ0v) is 12.6. The normalized spacial score (nSPS) is 10.5. The van der Waals surface area contributed by atoms with Crippen LogP contribution in [0.1, 0.15) is 18.1 Å². The third kappa shape index (κ3) is 3.33. The van der Waals surface area contributed by atoms with Crippen molar-refractivity contribution in [1.29, 1.82) is 0 Å². The smallest absolute Gasteiger partial charge is 0.0430 e. The number of rotatable bonds is 5. The number of aromatic nitrogens is 1. The Bertz CT molecular complexity index is 528. The molecule has 0 spiro atoms. The third-order valence-electron chi connectivity index (χ3n) is 3.14. The quantitative estimate of drug-likeness (QED) is 0.919. The van der Waals surface area contributed by atoms with Crippen LogP contribution in [-0.2, 0) is 13.1 Å². The molecule has 2 N–H and O–H groups in total. The molecule has 100 valence electrons. The van der Waals surface area contributed by atoms with E-state index in [4.69, 9.17) is 5.73 Å². The predicted octanol–water partition coefficient (Wildman–Crippen LogP) is 3.33. The van der Waals surface area contributed by atoms with Gasteiger partial charge >= 0.3 is 0 Å². The van der Waals surface area contributed by atoms with Gasteiger partial charge in [-0.15, -0.1) is 0 Å². The van der Waals surface area contributed by atoms with E-state index in [1.807, 2.05) is 36.7 Å². The van der Waals surface area contributed by atoms with Gasteiger partial charge in [-0.1, -0.05) is 22.0 Å². The fourth-order valence-electron chi connectivity index (χ4n) is 2.12. The summed E-state index contributed by atoms with van der Waals surface area (Å²) < 4.78 is 1.07. The molecule has 0 saturated carbocycles. The van der Waals surface area contributed by atoms with E-state index in [1.54, 1.807) is 0 Å². The second-order valence-corrected chi connectivity index (χ2v) is 5.17. The summed E-state index contributed by atoms with van der Waals surface area (Å²) in [6.45, 7) is 4.49. The Labute approximate surface area is 122 Å². The van der Waals surface area contributed by atoms with Gasteiger partial charge in [0.05, 0.1) is 0 Å². The van der Waals surface area contributed by atoms with Crippen molar-refractivity contribution in [1.82, 2.24) is 4.98 Å². The summed E-state index contributed by atoms with van der Waals surface area (Å²) in [7, 11) is 0. The molecule has 4 heteroatoms. The lowest BCUT2D eigenvalue weighted by molar-refractivity contribution is 0.819. The van der Waals surface area contributed by atoms with Gasteiger partial charge in [-0.05, 0) is 36.8 Å². The first-order chi connectivity index (χ1) is 9.26. The van der Waals surface area contributed by atoms with Crippen LogP contribution in [0.25, 0.3) is 0 Å². The Morgan fingerprint density at radius 3 is 2.58 bits per heavy atom. The summed E-state index contributed by atoms with van der Waals surface area (Å²) in [5.74, 6) is 0. The van der Waals surface area contributed by atoms with Crippen molar-refractivity contribution < 1.29 is 0 Å². The second kappa shape index (κ2) is 6.68. The fourth-order valence-corrected chi connectivity index (χ4v) is 2.64. The van der Waals surface area contributed by atoms with Crippen molar-refractivity contribution >= 4 is 21.6 Å². The molecule has 0 aliphatic carbocycles. The fraction of sp³-hybridized carbons (Fsp3) is 0.267. The van der Waals surface area contributed by atoms with E-state index in [0.717, 1.165) is 23.1 Å². The molecule has 3 nitrogen and oxygen atoms in total. The first-order valence-corrected chi connectivity index (χ1v) is 7.16. The minimum atomic E-state index is 0.531. The highest BCUT2D eigenvalue weighted by molar-refractivity contribution is 9.10. The van der Waals surface area contributed by atoms with Crippen molar-refractivity contribution in [3.63, 3.8) is 0 Å². The molecule has 0 unspecified atom stereocenters. The first-order valence-electron chi connectivity index (χ1n) is 6.37. The molecule has 0 aliphatic rings. The van der Waals surface area contributed by atoms with Crippen LogP contribution in [-0.4, -0.2) is 11.5 Å². The van der Waals surface area contributed by atoms with Gasteiger partial charge in [0.2, 0.25) is 0 Å². The SMILES string of the molecule is CCN(Cc1ccncc1)c1cccc(Br)c1CN. The largest absolute Gasteiger partial charge is 0.367 e. The maximum absolute atomic E-state index is 5.87. The number of pyridine rings is 1. The molecule has 2 aromatic rings. The van der Waals surface area contributed by atoms with Gasteiger partial charge in [-0.25, -0.2) is 0 Å². The maximum atomic E-state index is 5.87. The summed E-state index contributed by atoms with van der Waals surface area (Å²) in [5, 5.41) is 0. The van der Waals surface area contributed by atoms with Gasteiger partial charge in [-0.3, -0.25) is 4.98 Å². The van der Waals surface area contributed by atoms with Crippen LogP contribution in [0.5, 0.6) is 0 Å². The van der Waals surface area contributed by atoms with Crippen molar-refractivity contribution in [2.24, 2.45) is 5.73 Å². The third-order valence-corrected chi connectivity index (χ3v) is 3.89. The van der Waals surface area contributed by atoms with Crippen molar-refractivity contribution in [3.8, 4) is 0 Å². The summed E-state index contributed by atoms with van der Waals surface area (Å²) in [4.78, 5) is 6.37. The molecule has 0 bridgehead atoms. The number of nitrogens with two attached hydrogens (primary N) is 1. The molecule has 0 atom stereocenters. The van der Waals surface area contributed by atoms with E-state index >= 15 is 0 Å². The van der Waals surface area contributed by atoms with Crippen LogP contribution in [0.2, 0.25) is 0 Å². The van der Waals surface area contributed by atoms with Crippen LogP contribution in [0.4, 0.5) is 5.69 Å². The Morgan fingerprint density at radius 2 is 1.95 bits per heavy atom. The molecule has 2 rings (SSSR count). The molecular formula is C15H18BrN3. The van der Waals surface area contributed by atoms with Gasteiger partial charge in [0.25, 0.3) is 0 Å². The Morgan fingerprint density at radius 1 is 1.21 bits per heavy atom. The summed E-state index contributed by atoms with van der Waals surface area (Å²) in [6, 6.07) is 10.3. The monoisotopic (exact) mass is 319 g/mol. The van der Waals surface area contributed by atoms with Crippen LogP contribution in [0, 0.1) is 0 Å². The minimum Gasteiger partial charge on any atom is -0.367 e. The highest BCUT2D eigenvalue weighted by atomic mass is 79.9. The predicted molar refractivity (Wildman–Crippen MR) is 83.0 cm³/mol. The second-order valence-electron chi connectivity index (χ2n) is 4.31. The van der Waals surface area contributed by atoms with E-state index in [1.165, 1.54) is 11.3 Å². The molecule has 0 amide bonds. The number of benzene rings is 1. The average molecular weight is 320 g/mol. The molecule has 19 heavy (non-hydrogen) atoms. The maximum Gasteiger partial charge on any atom is 0.0430 e. The number of halogens is 1. The molecule has 0 saturated heterocycles. The van der Waals surface area contributed by atoms with Gasteiger partial charge in [-0.2, -0.15) is 0 Å². The van der Waals surface area contributed by atoms with E-state index in [2.05, 4.69) is 38.8 Å². The van der Waals surface area contributed by atoms with Gasteiger partial charge in [0.15, 0.2) is 0 Å². The van der Waals surface area contributed by atoms with Crippen LogP contribution in [0.15, 0.2) is 47.2 Å². The molecule has 1 heterocycles. The molecular weight excluding hydrogens is 302 g/mol. The average Bonchev–Trinajstić information content (AvgIpc) is 2.45. The molecule has 0 aliphatic heterocycles. The summed E-state index contributed by atoms with van der Waals surface area (Å²) in [5.41, 5.74) is 9.46. The number of anilines is 1. The molecule has 0 fully saturated rings. The van der Waals surface area contributed by atoms with Crippen molar-refractivity contribution in [2.75, 3.05) is 11.4 Å². The highest BCUT2D eigenvalue weighted by Crippen LogP contribution is 2.28. The van der Waals surface area contributed by atoms with E-state index in [-0.39, 0.29) is 0 Å². The van der Waals surface area contributed by atoms with Gasteiger partial charge < -0.3 is 10.6 Å². The van der Waals surface area contributed by atoms with Gasteiger partial charge in [0.1, 0.15) is 0 Å². The number of hydrogen-bond donors (Lipinski definition) is 1. The number of nitrogens with zero attached hydrogens (tertiary/aromatic N) is 2. The Kier molecular flexibility index (Phi) is 4.93. The summed E-state index contributed by atoms with van der Waals surface area (Å²) >= 11 is 3.57. The Hall–Kier alpha value is -1.39. The molecule has 1 aromatic heterocycles. The van der Waals surface area contributed by atoms with Crippen molar-refractivity contribution in [2.45, 2.75) is 20.0 Å². The lowest BCUT2D eigenvalue weighted by Crippen LogP contribution is -2.24. The van der Waals surface area contributed by atoms with E-state index in [9.17, 15) is 0 Å². The zero-order chi connectivity index (χ0) is 13.7. The molecule has 1 aromatic carbocycles. The summed E-state index contributed by atoms with van der Waals surface area (Å²) in [6.07, 6.45) is 3.65. The lowest BCUT2D eigenvalue weighted by atomic mass is 10.1. The topological polar surface area (TPSA) is 42.2 Å². The Balaban J connectivity index is 2.30. The minimum absolute atomic E-state index is 0.531. The van der Waals surface area contributed by atoms with Crippen molar-refractivity contribution in [3.05, 3.63) is 58.3 Å². The van der Waals surface area contributed by atoms with Gasteiger partial charge in [0, 0.05) is 47.8 Å². The van der Waals surface area contributed by atoms with Crippen LogP contribution >= 0.6 is 15.9 Å². The van der Waals surface area contributed by atoms with E-state index < -0.39 is 0 Å².